The van der Waals surface area contributed by atoms with E-state index >= 15 is 0 Å². The first-order valence-electron chi connectivity index (χ1n) is 8.34. The van der Waals surface area contributed by atoms with Crippen LogP contribution in [0.15, 0.2) is 46.7 Å². The smallest absolute Gasteiger partial charge is 0.437 e. The number of rotatable bonds is 7. The molecule has 14 heteroatoms. The van der Waals surface area contributed by atoms with E-state index in [9.17, 15) is 9.59 Å². The summed E-state index contributed by atoms with van der Waals surface area (Å²) in [5.41, 5.74) is 0.621. The minimum Gasteiger partial charge on any atom is -0.495 e. The summed E-state index contributed by atoms with van der Waals surface area (Å²) in [6, 6.07) is 9.00. The van der Waals surface area contributed by atoms with Crippen molar-refractivity contribution >= 4 is 80.3 Å². The molecular weight excluding hydrogens is 510 g/mol. The summed E-state index contributed by atoms with van der Waals surface area (Å²) in [6.07, 6.45) is -1.99. The van der Waals surface area contributed by atoms with Crippen LogP contribution >= 0.6 is 46.4 Å². The van der Waals surface area contributed by atoms with E-state index in [0.29, 0.717) is 22.9 Å². The van der Waals surface area contributed by atoms with Crippen LogP contribution in [0, 0.1) is 0 Å². The molecule has 0 aromatic heterocycles. The first kappa shape index (κ1) is 25.3. The molecule has 10 nitrogen and oxygen atoms in total. The van der Waals surface area contributed by atoms with Crippen LogP contribution < -0.4 is 20.1 Å². The van der Waals surface area contributed by atoms with Crippen LogP contribution in [0.25, 0.3) is 0 Å². The molecule has 2 rings (SSSR count). The molecule has 0 unspecified atom stereocenters. The average molecular weight is 524 g/mol. The molecule has 2 aromatic carbocycles. The number of benzene rings is 2. The lowest BCUT2D eigenvalue weighted by Crippen LogP contribution is -2.14. The zero-order valence-electron chi connectivity index (χ0n) is 16.3. The van der Waals surface area contributed by atoms with Gasteiger partial charge in [-0.15, -0.1) is 0 Å². The van der Waals surface area contributed by atoms with Crippen molar-refractivity contribution in [2.75, 3.05) is 24.9 Å². The Morgan fingerprint density at radius 1 is 0.750 bits per heavy atom. The van der Waals surface area contributed by atoms with Gasteiger partial charge >= 0.3 is 12.2 Å². The van der Waals surface area contributed by atoms with Crippen molar-refractivity contribution in [3.05, 3.63) is 46.4 Å². The number of carbonyl (C=O) groups is 2. The van der Waals surface area contributed by atoms with Gasteiger partial charge in [0.2, 0.25) is 10.3 Å². The van der Waals surface area contributed by atoms with Crippen LogP contribution in [0.5, 0.6) is 11.5 Å². The van der Waals surface area contributed by atoms with Crippen molar-refractivity contribution in [1.82, 2.24) is 0 Å². The number of ether oxygens (including phenoxy) is 2. The Morgan fingerprint density at radius 3 is 1.44 bits per heavy atom. The maximum atomic E-state index is 11.8. The van der Waals surface area contributed by atoms with Crippen LogP contribution in [-0.4, -0.2) is 36.7 Å². The molecule has 0 fully saturated rings. The van der Waals surface area contributed by atoms with Crippen molar-refractivity contribution in [1.29, 1.82) is 0 Å². The minimum absolute atomic E-state index is 0.273. The fourth-order valence-electron chi connectivity index (χ4n) is 2.01. The third kappa shape index (κ3) is 7.65. The minimum atomic E-state index is -0.996. The van der Waals surface area contributed by atoms with Gasteiger partial charge in [0.1, 0.15) is 11.5 Å². The molecule has 0 saturated heterocycles. The molecule has 0 aliphatic carbocycles. The zero-order valence-corrected chi connectivity index (χ0v) is 19.3. The Labute approximate surface area is 201 Å². The topological polar surface area (TPSA) is 120 Å². The van der Waals surface area contributed by atoms with Gasteiger partial charge in [-0.05, 0) is 36.4 Å². The third-order valence-corrected chi connectivity index (χ3v) is 4.57. The highest BCUT2D eigenvalue weighted by molar-refractivity contribution is 7.00. The van der Waals surface area contributed by atoms with E-state index in [0.717, 1.165) is 0 Å². The van der Waals surface area contributed by atoms with Crippen LogP contribution in [-0.2, 0) is 9.68 Å². The SMILES string of the molecule is COc1ccc(NC(=O)O/N=C(Cl)/C(Cl)=N/OC(=O)Nc2ccc(OC)c(Cl)c2)cc1Cl. The van der Waals surface area contributed by atoms with Crippen LogP contribution in [0.3, 0.4) is 0 Å². The average Bonchev–Trinajstić information content (AvgIpc) is 2.76. The Balaban J connectivity index is 1.87. The van der Waals surface area contributed by atoms with Crippen molar-refractivity contribution in [3.63, 3.8) is 0 Å². The summed E-state index contributed by atoms with van der Waals surface area (Å²) in [5, 5.41) is 10.7. The number of oxime groups is 2. The van der Waals surface area contributed by atoms with Crippen LogP contribution in [0.4, 0.5) is 21.0 Å². The zero-order chi connectivity index (χ0) is 23.7. The molecular formula is C18H14Cl4N4O6. The normalized spacial score (nSPS) is 11.4. The number of anilines is 2. The number of halogens is 4. The van der Waals surface area contributed by atoms with E-state index < -0.39 is 22.5 Å². The van der Waals surface area contributed by atoms with Crippen molar-refractivity contribution in [3.8, 4) is 11.5 Å². The predicted molar refractivity (Wildman–Crippen MR) is 123 cm³/mol. The first-order valence-corrected chi connectivity index (χ1v) is 9.85. The quantitative estimate of drug-likeness (QED) is 0.264. The van der Waals surface area contributed by atoms with Crippen molar-refractivity contribution < 1.29 is 28.7 Å². The Kier molecular flexibility index (Phi) is 9.66. The number of nitrogens with zero attached hydrogens (tertiary/aromatic N) is 2. The summed E-state index contributed by atoms with van der Waals surface area (Å²) < 4.78 is 10.0. The summed E-state index contributed by atoms with van der Waals surface area (Å²) in [4.78, 5) is 32.6. The maximum absolute atomic E-state index is 11.8. The van der Waals surface area contributed by atoms with E-state index in [-0.39, 0.29) is 10.0 Å². The lowest BCUT2D eigenvalue weighted by Gasteiger charge is -2.07. The lowest BCUT2D eigenvalue weighted by atomic mass is 10.3. The molecule has 0 atom stereocenters. The highest BCUT2D eigenvalue weighted by Crippen LogP contribution is 2.28. The van der Waals surface area contributed by atoms with Gasteiger partial charge in [0.05, 0.1) is 24.3 Å². The summed E-state index contributed by atoms with van der Waals surface area (Å²) in [7, 11) is 2.90. The number of hydrogen-bond donors (Lipinski definition) is 2. The Morgan fingerprint density at radius 2 is 1.12 bits per heavy atom. The van der Waals surface area contributed by atoms with E-state index in [2.05, 4.69) is 30.6 Å². The number of nitrogens with one attached hydrogen (secondary N) is 2. The van der Waals surface area contributed by atoms with Gasteiger partial charge in [-0.3, -0.25) is 20.3 Å². The molecule has 0 bridgehead atoms. The van der Waals surface area contributed by atoms with Crippen LogP contribution in [0.2, 0.25) is 10.0 Å². The Hall–Kier alpha value is -2.92. The van der Waals surface area contributed by atoms with E-state index in [1.807, 2.05) is 0 Å². The second-order valence-corrected chi connectivity index (χ2v) is 7.00. The van der Waals surface area contributed by atoms with E-state index in [1.165, 1.54) is 38.5 Å². The van der Waals surface area contributed by atoms with Gasteiger partial charge in [-0.1, -0.05) is 56.7 Å². The maximum Gasteiger partial charge on any atom is 0.437 e. The lowest BCUT2D eigenvalue weighted by molar-refractivity contribution is 0.165. The third-order valence-electron chi connectivity index (χ3n) is 3.38. The molecule has 0 spiro atoms. The monoisotopic (exact) mass is 522 g/mol. The molecule has 2 aromatic rings. The van der Waals surface area contributed by atoms with Gasteiger partial charge < -0.3 is 9.47 Å². The summed E-state index contributed by atoms with van der Waals surface area (Å²) >= 11 is 23.4. The fraction of sp³-hybridized carbons (Fsp3) is 0.111. The van der Waals surface area contributed by atoms with Gasteiger partial charge in [0.15, 0.2) is 0 Å². The largest absolute Gasteiger partial charge is 0.495 e. The van der Waals surface area contributed by atoms with Crippen LogP contribution in [0.1, 0.15) is 0 Å². The predicted octanol–water partition coefficient (Wildman–Crippen LogP) is 5.91. The van der Waals surface area contributed by atoms with Crippen molar-refractivity contribution in [2.45, 2.75) is 0 Å². The second kappa shape index (κ2) is 12.2. The fourth-order valence-corrected chi connectivity index (χ4v) is 2.66. The molecule has 2 amide bonds. The molecule has 0 heterocycles. The van der Waals surface area contributed by atoms with Gasteiger partial charge in [0.25, 0.3) is 0 Å². The standard InChI is InChI=1S/C18H14Cl4N4O6/c1-29-13-5-3-9(7-11(13)19)23-17(27)31-25-15(21)16(22)26-32-18(28)24-10-4-6-14(30-2)12(20)8-10/h3-8H,1-2H3,(H,23,27)(H,24,28)/b25-15-,26-16-. The summed E-state index contributed by atoms with van der Waals surface area (Å²) in [5.74, 6) is 0.850. The number of methoxy groups -OCH3 is 2. The molecule has 32 heavy (non-hydrogen) atoms. The van der Waals surface area contributed by atoms with Crippen molar-refractivity contribution in [2.24, 2.45) is 10.3 Å². The van der Waals surface area contributed by atoms with E-state index in [4.69, 9.17) is 55.9 Å². The number of hydrogen-bond acceptors (Lipinski definition) is 8. The highest BCUT2D eigenvalue weighted by Gasteiger charge is 2.11. The second-order valence-electron chi connectivity index (χ2n) is 5.47. The molecule has 0 aliphatic heterocycles. The Bertz CT molecular complexity index is 980. The van der Waals surface area contributed by atoms with Gasteiger partial charge in [-0.2, -0.15) is 0 Å². The first-order chi connectivity index (χ1) is 15.2. The molecule has 0 radical (unpaired) electrons. The molecule has 0 aliphatic rings. The number of carbonyl (C=O) groups excluding carboxylic acids is 2. The molecule has 0 saturated carbocycles. The molecule has 2 N–H and O–H groups in total. The number of amides is 2. The van der Waals surface area contributed by atoms with Gasteiger partial charge in [-0.25, -0.2) is 9.59 Å². The van der Waals surface area contributed by atoms with Gasteiger partial charge in [0, 0.05) is 11.4 Å². The van der Waals surface area contributed by atoms with E-state index in [1.54, 1.807) is 12.1 Å². The highest BCUT2D eigenvalue weighted by atomic mass is 35.5. The summed E-state index contributed by atoms with van der Waals surface area (Å²) in [6.45, 7) is 0. The molecule has 170 valence electrons.